The minimum atomic E-state index is 0.458. The summed E-state index contributed by atoms with van der Waals surface area (Å²) in [5, 5.41) is 4.25. The van der Waals surface area contributed by atoms with Gasteiger partial charge in [0.1, 0.15) is 0 Å². The van der Waals surface area contributed by atoms with Crippen molar-refractivity contribution in [3.05, 3.63) is 28.8 Å². The van der Waals surface area contributed by atoms with E-state index in [0.29, 0.717) is 12.1 Å². The van der Waals surface area contributed by atoms with Crippen LogP contribution in [0.25, 0.3) is 0 Å². The first-order chi connectivity index (χ1) is 9.61. The number of anilines is 1. The molecule has 20 heavy (non-hydrogen) atoms. The molecule has 2 rings (SSSR count). The molecule has 1 aromatic rings. The molecule has 0 aromatic heterocycles. The van der Waals surface area contributed by atoms with E-state index in [-0.39, 0.29) is 0 Å². The smallest absolute Gasteiger partial charge is 0.0670 e. The molecule has 4 heteroatoms. The Hall–Kier alpha value is -0.770. The predicted octanol–water partition coefficient (Wildman–Crippen LogP) is 3.45. The Morgan fingerprint density at radius 3 is 2.90 bits per heavy atom. The van der Waals surface area contributed by atoms with Crippen LogP contribution in [0.1, 0.15) is 32.8 Å². The lowest BCUT2D eigenvalue weighted by Gasteiger charge is -2.37. The number of benzene rings is 1. The molecule has 1 atom stereocenters. The maximum Gasteiger partial charge on any atom is 0.0670 e. The van der Waals surface area contributed by atoms with Gasteiger partial charge < -0.3 is 15.0 Å². The van der Waals surface area contributed by atoms with Gasteiger partial charge in [-0.2, -0.15) is 0 Å². The fourth-order valence-corrected chi connectivity index (χ4v) is 2.75. The van der Waals surface area contributed by atoms with Gasteiger partial charge in [-0.3, -0.25) is 0 Å². The normalized spacial score (nSPS) is 19.6. The van der Waals surface area contributed by atoms with E-state index in [1.165, 1.54) is 5.69 Å². The van der Waals surface area contributed by atoms with Gasteiger partial charge in [-0.1, -0.05) is 38.4 Å². The van der Waals surface area contributed by atoms with Crippen molar-refractivity contribution in [1.82, 2.24) is 5.32 Å². The van der Waals surface area contributed by atoms with Crippen LogP contribution in [0.2, 0.25) is 5.02 Å². The second-order valence-electron chi connectivity index (χ2n) is 5.64. The Balaban J connectivity index is 2.11. The molecule has 1 N–H and O–H groups in total. The maximum absolute atomic E-state index is 6.43. The molecular formula is C16H25ClN2O. The van der Waals surface area contributed by atoms with Crippen LogP contribution >= 0.6 is 11.6 Å². The summed E-state index contributed by atoms with van der Waals surface area (Å²) in [5.74, 6) is 0. The van der Waals surface area contributed by atoms with E-state index in [2.05, 4.69) is 49.2 Å². The predicted molar refractivity (Wildman–Crippen MR) is 85.7 cm³/mol. The number of nitrogens with one attached hydrogen (secondary N) is 1. The van der Waals surface area contributed by atoms with E-state index in [1.54, 1.807) is 0 Å². The van der Waals surface area contributed by atoms with Crippen molar-refractivity contribution < 1.29 is 4.74 Å². The van der Waals surface area contributed by atoms with Gasteiger partial charge in [0.2, 0.25) is 0 Å². The summed E-state index contributed by atoms with van der Waals surface area (Å²) >= 11 is 6.43. The standard InChI is InChI=1S/C16H25ClN2O/c1-4-14-11-20-8-7-19(14)15-6-5-13(16(17)9-15)10-18-12(2)3/h5-6,9,12,14,18H,4,7-8,10-11H2,1-3H3. The molecule has 1 aliphatic rings. The van der Waals surface area contributed by atoms with Crippen LogP contribution in [0.5, 0.6) is 0 Å². The summed E-state index contributed by atoms with van der Waals surface area (Å²) in [6, 6.07) is 7.33. The van der Waals surface area contributed by atoms with E-state index >= 15 is 0 Å². The summed E-state index contributed by atoms with van der Waals surface area (Å²) < 4.78 is 5.56. The SMILES string of the molecule is CCC1COCCN1c1ccc(CNC(C)C)c(Cl)c1. The van der Waals surface area contributed by atoms with Crippen LogP contribution in [0.15, 0.2) is 18.2 Å². The van der Waals surface area contributed by atoms with Crippen LogP contribution < -0.4 is 10.2 Å². The number of hydrogen-bond acceptors (Lipinski definition) is 3. The Morgan fingerprint density at radius 1 is 1.45 bits per heavy atom. The van der Waals surface area contributed by atoms with Gasteiger partial charge in [0.05, 0.1) is 19.3 Å². The molecule has 3 nitrogen and oxygen atoms in total. The maximum atomic E-state index is 6.43. The molecule has 1 heterocycles. The molecule has 0 bridgehead atoms. The lowest BCUT2D eigenvalue weighted by atomic mass is 10.1. The van der Waals surface area contributed by atoms with Crippen molar-refractivity contribution >= 4 is 17.3 Å². The summed E-state index contributed by atoms with van der Waals surface area (Å²) in [6.45, 7) is 9.85. The number of rotatable bonds is 5. The third-order valence-electron chi connectivity index (χ3n) is 3.77. The molecule has 1 aliphatic heterocycles. The fourth-order valence-electron chi connectivity index (χ4n) is 2.51. The highest BCUT2D eigenvalue weighted by Gasteiger charge is 2.22. The quantitative estimate of drug-likeness (QED) is 0.901. The first-order valence-electron chi connectivity index (χ1n) is 7.48. The average molecular weight is 297 g/mol. The van der Waals surface area contributed by atoms with E-state index in [0.717, 1.165) is 43.3 Å². The van der Waals surface area contributed by atoms with Gasteiger partial charge in [-0.25, -0.2) is 0 Å². The zero-order valence-corrected chi connectivity index (χ0v) is 13.4. The number of hydrogen-bond donors (Lipinski definition) is 1. The summed E-state index contributed by atoms with van der Waals surface area (Å²) in [5.41, 5.74) is 2.36. The van der Waals surface area contributed by atoms with E-state index in [4.69, 9.17) is 16.3 Å². The second kappa shape index (κ2) is 7.30. The van der Waals surface area contributed by atoms with Crippen molar-refractivity contribution in [3.8, 4) is 0 Å². The van der Waals surface area contributed by atoms with Gasteiger partial charge in [0, 0.05) is 29.8 Å². The molecule has 0 radical (unpaired) electrons. The third-order valence-corrected chi connectivity index (χ3v) is 4.12. The largest absolute Gasteiger partial charge is 0.377 e. The zero-order chi connectivity index (χ0) is 14.5. The van der Waals surface area contributed by atoms with Crippen molar-refractivity contribution in [2.24, 2.45) is 0 Å². The fraction of sp³-hybridized carbons (Fsp3) is 0.625. The first-order valence-corrected chi connectivity index (χ1v) is 7.85. The highest BCUT2D eigenvalue weighted by atomic mass is 35.5. The zero-order valence-electron chi connectivity index (χ0n) is 12.7. The molecule has 0 amide bonds. The highest BCUT2D eigenvalue weighted by molar-refractivity contribution is 6.31. The van der Waals surface area contributed by atoms with E-state index < -0.39 is 0 Å². The minimum absolute atomic E-state index is 0.458. The van der Waals surface area contributed by atoms with Gasteiger partial charge in [-0.05, 0) is 24.1 Å². The number of morpholine rings is 1. The number of halogens is 1. The third kappa shape index (κ3) is 3.87. The molecule has 0 aliphatic carbocycles. The number of nitrogens with zero attached hydrogens (tertiary/aromatic N) is 1. The molecule has 0 spiro atoms. The summed E-state index contributed by atoms with van der Waals surface area (Å²) in [6.07, 6.45) is 1.09. The molecular weight excluding hydrogens is 272 g/mol. The molecule has 1 unspecified atom stereocenters. The van der Waals surface area contributed by atoms with Gasteiger partial charge in [0.15, 0.2) is 0 Å². The highest BCUT2D eigenvalue weighted by Crippen LogP contribution is 2.27. The lowest BCUT2D eigenvalue weighted by Crippen LogP contribution is -2.45. The topological polar surface area (TPSA) is 24.5 Å². The van der Waals surface area contributed by atoms with Crippen LogP contribution in [0.3, 0.4) is 0 Å². The average Bonchev–Trinajstić information content (AvgIpc) is 2.45. The van der Waals surface area contributed by atoms with Crippen molar-refractivity contribution in [1.29, 1.82) is 0 Å². The van der Waals surface area contributed by atoms with E-state index in [1.807, 2.05) is 0 Å². The van der Waals surface area contributed by atoms with Crippen LogP contribution in [0, 0.1) is 0 Å². The molecule has 112 valence electrons. The second-order valence-corrected chi connectivity index (χ2v) is 6.05. The van der Waals surface area contributed by atoms with E-state index in [9.17, 15) is 0 Å². The summed E-state index contributed by atoms with van der Waals surface area (Å²) in [4.78, 5) is 2.41. The van der Waals surface area contributed by atoms with Gasteiger partial charge in [-0.15, -0.1) is 0 Å². The van der Waals surface area contributed by atoms with Gasteiger partial charge in [0.25, 0.3) is 0 Å². The Labute approximate surface area is 127 Å². The first kappa shape index (κ1) is 15.6. The lowest BCUT2D eigenvalue weighted by molar-refractivity contribution is 0.0930. The van der Waals surface area contributed by atoms with Crippen LogP contribution in [-0.4, -0.2) is 31.8 Å². The monoisotopic (exact) mass is 296 g/mol. The van der Waals surface area contributed by atoms with Crippen LogP contribution in [0.4, 0.5) is 5.69 Å². The molecule has 0 saturated carbocycles. The van der Waals surface area contributed by atoms with Crippen molar-refractivity contribution in [2.45, 2.75) is 45.8 Å². The Kier molecular flexibility index (Phi) is 5.70. The molecule has 1 aromatic carbocycles. The Morgan fingerprint density at radius 2 is 2.25 bits per heavy atom. The summed E-state index contributed by atoms with van der Waals surface area (Å²) in [7, 11) is 0. The number of ether oxygens (including phenoxy) is 1. The molecule has 1 saturated heterocycles. The van der Waals surface area contributed by atoms with Crippen molar-refractivity contribution in [3.63, 3.8) is 0 Å². The minimum Gasteiger partial charge on any atom is -0.377 e. The van der Waals surface area contributed by atoms with Crippen LogP contribution in [-0.2, 0) is 11.3 Å². The van der Waals surface area contributed by atoms with Gasteiger partial charge >= 0.3 is 0 Å². The molecule has 1 fully saturated rings. The Bertz CT molecular complexity index is 436. The van der Waals surface area contributed by atoms with Crippen molar-refractivity contribution in [2.75, 3.05) is 24.7 Å².